The van der Waals surface area contributed by atoms with Gasteiger partial charge >= 0.3 is 0 Å². The summed E-state index contributed by atoms with van der Waals surface area (Å²) in [5.41, 5.74) is -0.383. The number of rotatable bonds is 3. The molecule has 4 nitrogen and oxygen atoms in total. The van der Waals surface area contributed by atoms with Crippen molar-refractivity contribution < 1.29 is 8.42 Å². The van der Waals surface area contributed by atoms with Crippen molar-refractivity contribution in [1.82, 2.24) is 10.0 Å². The Labute approximate surface area is 110 Å². The van der Waals surface area contributed by atoms with Crippen molar-refractivity contribution in [3.8, 4) is 0 Å². The lowest BCUT2D eigenvalue weighted by Gasteiger charge is -2.24. The quantitative estimate of drug-likeness (QED) is 0.887. The lowest BCUT2D eigenvalue weighted by molar-refractivity contribution is 0.452. The Hall–Kier alpha value is -0.430. The molecule has 0 spiro atoms. The maximum absolute atomic E-state index is 12.2. The van der Waals surface area contributed by atoms with Crippen molar-refractivity contribution in [2.24, 2.45) is 0 Å². The fraction of sp³-hybridized carbons (Fsp3) is 0.455. The monoisotopic (exact) mass is 318 g/mol. The summed E-state index contributed by atoms with van der Waals surface area (Å²) >= 11 is 3.29. The average molecular weight is 319 g/mol. The summed E-state index contributed by atoms with van der Waals surface area (Å²) in [5, 5.41) is 3.16. The SMILES string of the molecule is CC1(NS(=O)(=O)c2ccc(Br)cc2)CCNC1. The summed E-state index contributed by atoms with van der Waals surface area (Å²) in [6.07, 6.45) is 0.808. The molecule has 94 valence electrons. The van der Waals surface area contributed by atoms with Crippen LogP contribution in [0.15, 0.2) is 33.6 Å². The van der Waals surface area contributed by atoms with Crippen molar-refractivity contribution in [1.29, 1.82) is 0 Å². The molecule has 0 aromatic heterocycles. The lowest BCUT2D eigenvalue weighted by Crippen LogP contribution is -2.47. The highest BCUT2D eigenvalue weighted by atomic mass is 79.9. The topological polar surface area (TPSA) is 58.2 Å². The second-order valence-corrected chi connectivity index (χ2v) is 7.14. The van der Waals surface area contributed by atoms with Gasteiger partial charge in [-0.2, -0.15) is 0 Å². The van der Waals surface area contributed by atoms with Crippen LogP contribution >= 0.6 is 15.9 Å². The molecule has 2 rings (SSSR count). The molecule has 1 atom stereocenters. The van der Waals surface area contributed by atoms with Gasteiger partial charge in [0.15, 0.2) is 0 Å². The van der Waals surface area contributed by atoms with E-state index in [1.54, 1.807) is 24.3 Å². The van der Waals surface area contributed by atoms with E-state index in [4.69, 9.17) is 0 Å². The molecule has 6 heteroatoms. The molecule has 1 aliphatic rings. The zero-order valence-electron chi connectivity index (χ0n) is 9.53. The third-order valence-electron chi connectivity index (χ3n) is 2.87. The molecule has 17 heavy (non-hydrogen) atoms. The minimum absolute atomic E-state index is 0.300. The lowest BCUT2D eigenvalue weighted by atomic mass is 10.0. The molecule has 0 radical (unpaired) electrons. The molecule has 1 unspecified atom stereocenters. The number of hydrogen-bond donors (Lipinski definition) is 2. The van der Waals surface area contributed by atoms with Crippen LogP contribution in [0.1, 0.15) is 13.3 Å². The van der Waals surface area contributed by atoms with Crippen LogP contribution in [0, 0.1) is 0 Å². The standard InChI is InChI=1S/C11H15BrN2O2S/c1-11(6-7-13-8-11)14-17(15,16)10-4-2-9(12)3-5-10/h2-5,13-14H,6-8H2,1H3. The summed E-state index contributed by atoms with van der Waals surface area (Å²) in [6.45, 7) is 3.44. The fourth-order valence-electron chi connectivity index (χ4n) is 1.90. The van der Waals surface area contributed by atoms with E-state index in [0.29, 0.717) is 11.4 Å². The zero-order valence-corrected chi connectivity index (χ0v) is 11.9. The van der Waals surface area contributed by atoms with Crippen LogP contribution in [0.5, 0.6) is 0 Å². The van der Waals surface area contributed by atoms with Crippen LogP contribution in [0.2, 0.25) is 0 Å². The molecule has 2 N–H and O–H groups in total. The van der Waals surface area contributed by atoms with Crippen molar-refractivity contribution in [3.63, 3.8) is 0 Å². The predicted molar refractivity (Wildman–Crippen MR) is 70.4 cm³/mol. The number of hydrogen-bond acceptors (Lipinski definition) is 3. The van der Waals surface area contributed by atoms with Gasteiger partial charge < -0.3 is 5.32 Å². The summed E-state index contributed by atoms with van der Waals surface area (Å²) in [4.78, 5) is 0.300. The third-order valence-corrected chi connectivity index (χ3v) is 5.06. The number of benzene rings is 1. The van der Waals surface area contributed by atoms with Gasteiger partial charge in [0, 0.05) is 16.6 Å². The normalized spacial score (nSPS) is 25.1. The van der Waals surface area contributed by atoms with Crippen LogP contribution in [0.25, 0.3) is 0 Å². The zero-order chi connectivity index (χ0) is 12.5. The van der Waals surface area contributed by atoms with E-state index in [-0.39, 0.29) is 5.54 Å². The summed E-state index contributed by atoms with van der Waals surface area (Å²) in [6, 6.07) is 6.64. The Morgan fingerprint density at radius 1 is 1.35 bits per heavy atom. The van der Waals surface area contributed by atoms with Gasteiger partial charge in [-0.15, -0.1) is 0 Å². The minimum Gasteiger partial charge on any atom is -0.315 e. The van der Waals surface area contributed by atoms with E-state index in [2.05, 4.69) is 26.0 Å². The third kappa shape index (κ3) is 3.07. The molecule has 1 saturated heterocycles. The number of nitrogens with one attached hydrogen (secondary N) is 2. The van der Waals surface area contributed by atoms with Crippen molar-refractivity contribution in [2.45, 2.75) is 23.8 Å². The first-order valence-corrected chi connectivity index (χ1v) is 7.69. The van der Waals surface area contributed by atoms with Gasteiger partial charge in [-0.25, -0.2) is 13.1 Å². The van der Waals surface area contributed by atoms with Gasteiger partial charge in [-0.05, 0) is 44.2 Å². The smallest absolute Gasteiger partial charge is 0.241 e. The molecule has 0 bridgehead atoms. The maximum atomic E-state index is 12.2. The van der Waals surface area contributed by atoms with E-state index in [1.807, 2.05) is 6.92 Å². The highest BCUT2D eigenvalue weighted by Gasteiger charge is 2.33. The summed E-state index contributed by atoms with van der Waals surface area (Å²) < 4.78 is 27.9. The first-order valence-electron chi connectivity index (χ1n) is 5.42. The van der Waals surface area contributed by atoms with E-state index in [9.17, 15) is 8.42 Å². The largest absolute Gasteiger partial charge is 0.315 e. The van der Waals surface area contributed by atoms with Crippen LogP contribution in [0.4, 0.5) is 0 Å². The second kappa shape index (κ2) is 4.68. The van der Waals surface area contributed by atoms with Gasteiger partial charge in [0.25, 0.3) is 0 Å². The van der Waals surface area contributed by atoms with Crippen LogP contribution in [-0.4, -0.2) is 27.0 Å². The molecule has 1 heterocycles. The Kier molecular flexibility index (Phi) is 3.58. The van der Waals surface area contributed by atoms with Crippen LogP contribution < -0.4 is 10.0 Å². The molecule has 0 aliphatic carbocycles. The molecular weight excluding hydrogens is 304 g/mol. The first kappa shape index (κ1) is 13.0. The Morgan fingerprint density at radius 3 is 2.53 bits per heavy atom. The van der Waals surface area contributed by atoms with Crippen LogP contribution in [0.3, 0.4) is 0 Å². The van der Waals surface area contributed by atoms with Crippen molar-refractivity contribution in [2.75, 3.05) is 13.1 Å². The Bertz CT molecular complexity index is 493. The number of sulfonamides is 1. The van der Waals surface area contributed by atoms with Gasteiger partial charge in [-0.1, -0.05) is 15.9 Å². The molecule has 0 saturated carbocycles. The number of halogens is 1. The van der Waals surface area contributed by atoms with Gasteiger partial charge in [-0.3, -0.25) is 0 Å². The van der Waals surface area contributed by atoms with Gasteiger partial charge in [0.05, 0.1) is 4.90 Å². The highest BCUT2D eigenvalue weighted by molar-refractivity contribution is 9.10. The molecular formula is C11H15BrN2O2S. The molecule has 0 amide bonds. The molecule has 1 aromatic rings. The first-order chi connectivity index (χ1) is 7.91. The van der Waals surface area contributed by atoms with E-state index in [0.717, 1.165) is 17.4 Å². The van der Waals surface area contributed by atoms with E-state index >= 15 is 0 Å². The molecule has 1 aliphatic heterocycles. The van der Waals surface area contributed by atoms with E-state index < -0.39 is 10.0 Å². The van der Waals surface area contributed by atoms with Crippen molar-refractivity contribution >= 4 is 26.0 Å². The van der Waals surface area contributed by atoms with Crippen LogP contribution in [-0.2, 0) is 10.0 Å². The van der Waals surface area contributed by atoms with Gasteiger partial charge in [0.1, 0.15) is 0 Å². The molecule has 1 aromatic carbocycles. The Balaban J connectivity index is 2.22. The summed E-state index contributed by atoms with van der Waals surface area (Å²) in [7, 11) is -3.43. The Morgan fingerprint density at radius 2 is 2.00 bits per heavy atom. The molecule has 1 fully saturated rings. The highest BCUT2D eigenvalue weighted by Crippen LogP contribution is 2.19. The predicted octanol–water partition coefficient (Wildman–Crippen LogP) is 1.48. The average Bonchev–Trinajstić information content (AvgIpc) is 2.64. The van der Waals surface area contributed by atoms with E-state index in [1.165, 1.54) is 0 Å². The maximum Gasteiger partial charge on any atom is 0.241 e. The fourth-order valence-corrected chi connectivity index (χ4v) is 3.60. The van der Waals surface area contributed by atoms with Gasteiger partial charge in [0.2, 0.25) is 10.0 Å². The summed E-state index contributed by atoms with van der Waals surface area (Å²) in [5.74, 6) is 0. The minimum atomic E-state index is -3.43. The van der Waals surface area contributed by atoms with Crippen molar-refractivity contribution in [3.05, 3.63) is 28.7 Å². The second-order valence-electron chi connectivity index (χ2n) is 4.55.